The average molecular weight is 374 g/mol. The summed E-state index contributed by atoms with van der Waals surface area (Å²) < 4.78 is 0. The molecule has 0 aliphatic carbocycles. The first-order valence-corrected chi connectivity index (χ1v) is 9.47. The second-order valence-electron chi connectivity index (χ2n) is 7.09. The molecule has 1 aliphatic heterocycles. The Morgan fingerprint density at radius 1 is 1.26 bits per heavy atom. The van der Waals surface area contributed by atoms with Crippen LogP contribution in [0.25, 0.3) is 0 Å². The Hall–Kier alpha value is -2.57. The SMILES string of the molecule is CCCNC(=NCC(=O)N(C)C)NCC1CC(=O)N(C)C1c1ccccc1. The van der Waals surface area contributed by atoms with Crippen LogP contribution in [0.3, 0.4) is 0 Å². The quantitative estimate of drug-likeness (QED) is 0.557. The number of benzene rings is 1. The standard InChI is InChI=1S/C20H31N5O2/c1-5-11-21-20(23-14-18(27)24(2)3)22-13-16-12-17(26)25(4)19(16)15-9-7-6-8-10-15/h6-10,16,19H,5,11-14H2,1-4H3,(H2,21,22,23). The van der Waals surface area contributed by atoms with Gasteiger partial charge in [0.05, 0.1) is 6.04 Å². The van der Waals surface area contributed by atoms with Gasteiger partial charge in [-0.2, -0.15) is 0 Å². The number of amides is 2. The van der Waals surface area contributed by atoms with Crippen molar-refractivity contribution in [3.63, 3.8) is 0 Å². The minimum Gasteiger partial charge on any atom is -0.356 e. The van der Waals surface area contributed by atoms with Crippen LogP contribution >= 0.6 is 0 Å². The number of guanidine groups is 1. The van der Waals surface area contributed by atoms with Gasteiger partial charge < -0.3 is 20.4 Å². The van der Waals surface area contributed by atoms with E-state index in [1.165, 1.54) is 4.90 Å². The van der Waals surface area contributed by atoms with Gasteiger partial charge in [0, 0.05) is 46.6 Å². The van der Waals surface area contributed by atoms with Gasteiger partial charge in [-0.1, -0.05) is 37.3 Å². The fourth-order valence-electron chi connectivity index (χ4n) is 3.21. The fraction of sp³-hybridized carbons (Fsp3) is 0.550. The van der Waals surface area contributed by atoms with E-state index in [-0.39, 0.29) is 30.3 Å². The Kier molecular flexibility index (Phi) is 7.64. The molecular formula is C20H31N5O2. The van der Waals surface area contributed by atoms with Crippen molar-refractivity contribution in [2.75, 3.05) is 40.8 Å². The van der Waals surface area contributed by atoms with Crippen LogP contribution in [0.2, 0.25) is 0 Å². The van der Waals surface area contributed by atoms with Crippen molar-refractivity contribution in [1.29, 1.82) is 0 Å². The summed E-state index contributed by atoms with van der Waals surface area (Å²) in [6, 6.07) is 10.1. The number of hydrogen-bond acceptors (Lipinski definition) is 3. The third kappa shape index (κ3) is 5.70. The molecular weight excluding hydrogens is 342 g/mol. The van der Waals surface area contributed by atoms with Gasteiger partial charge in [0.15, 0.2) is 5.96 Å². The molecule has 2 rings (SSSR count). The van der Waals surface area contributed by atoms with Crippen molar-refractivity contribution in [3.8, 4) is 0 Å². The van der Waals surface area contributed by atoms with E-state index in [2.05, 4.69) is 34.7 Å². The minimum atomic E-state index is -0.0504. The molecule has 7 heteroatoms. The predicted molar refractivity (Wildman–Crippen MR) is 107 cm³/mol. The lowest BCUT2D eigenvalue weighted by atomic mass is 9.94. The Bertz CT molecular complexity index is 660. The van der Waals surface area contributed by atoms with Crippen molar-refractivity contribution in [1.82, 2.24) is 20.4 Å². The van der Waals surface area contributed by atoms with Crippen LogP contribution in [-0.4, -0.2) is 68.4 Å². The van der Waals surface area contributed by atoms with E-state index in [0.29, 0.717) is 18.9 Å². The molecule has 1 aliphatic rings. The molecule has 0 spiro atoms. The first-order chi connectivity index (χ1) is 12.9. The van der Waals surface area contributed by atoms with Crippen LogP contribution in [0.5, 0.6) is 0 Å². The molecule has 2 amide bonds. The molecule has 1 aromatic rings. The maximum Gasteiger partial charge on any atom is 0.243 e. The molecule has 2 atom stereocenters. The minimum absolute atomic E-state index is 0.0435. The van der Waals surface area contributed by atoms with Crippen molar-refractivity contribution in [2.24, 2.45) is 10.9 Å². The Labute approximate surface area is 161 Å². The summed E-state index contributed by atoms with van der Waals surface area (Å²) in [4.78, 5) is 31.8. The molecule has 1 fully saturated rings. The lowest BCUT2D eigenvalue weighted by molar-refractivity contribution is -0.128. The summed E-state index contributed by atoms with van der Waals surface area (Å²) in [5, 5.41) is 6.56. The molecule has 0 radical (unpaired) electrons. The second-order valence-corrected chi connectivity index (χ2v) is 7.09. The molecule has 7 nitrogen and oxygen atoms in total. The van der Waals surface area contributed by atoms with Gasteiger partial charge >= 0.3 is 0 Å². The third-order valence-electron chi connectivity index (χ3n) is 4.78. The average Bonchev–Trinajstić information content (AvgIpc) is 2.95. The number of hydrogen-bond donors (Lipinski definition) is 2. The van der Waals surface area contributed by atoms with Crippen molar-refractivity contribution in [3.05, 3.63) is 35.9 Å². The molecule has 1 aromatic carbocycles. The number of aliphatic imine (C=N–C) groups is 1. The van der Waals surface area contributed by atoms with Gasteiger partial charge in [-0.3, -0.25) is 9.59 Å². The highest BCUT2D eigenvalue weighted by Gasteiger charge is 2.38. The molecule has 1 heterocycles. The molecule has 0 aromatic heterocycles. The van der Waals surface area contributed by atoms with Crippen LogP contribution in [0, 0.1) is 5.92 Å². The van der Waals surface area contributed by atoms with Gasteiger partial charge in [0.1, 0.15) is 6.54 Å². The van der Waals surface area contributed by atoms with Crippen molar-refractivity contribution in [2.45, 2.75) is 25.8 Å². The number of carbonyl (C=O) groups excluding carboxylic acids is 2. The van der Waals surface area contributed by atoms with Gasteiger partial charge in [0.2, 0.25) is 11.8 Å². The third-order valence-corrected chi connectivity index (χ3v) is 4.78. The highest BCUT2D eigenvalue weighted by Crippen LogP contribution is 2.36. The van der Waals surface area contributed by atoms with Gasteiger partial charge in [0.25, 0.3) is 0 Å². The molecule has 0 saturated carbocycles. The summed E-state index contributed by atoms with van der Waals surface area (Å²) in [5.41, 5.74) is 1.14. The van der Waals surface area contributed by atoms with Crippen LogP contribution in [-0.2, 0) is 9.59 Å². The maximum absolute atomic E-state index is 12.3. The number of nitrogens with one attached hydrogen (secondary N) is 2. The van der Waals surface area contributed by atoms with Crippen LogP contribution in [0.15, 0.2) is 35.3 Å². The number of likely N-dealkylation sites (tertiary alicyclic amines) is 1. The van der Waals surface area contributed by atoms with E-state index in [4.69, 9.17) is 0 Å². The van der Waals surface area contributed by atoms with Crippen LogP contribution in [0.4, 0.5) is 0 Å². The summed E-state index contributed by atoms with van der Waals surface area (Å²) in [5.74, 6) is 0.855. The first-order valence-electron chi connectivity index (χ1n) is 9.47. The van der Waals surface area contributed by atoms with E-state index in [0.717, 1.165) is 18.5 Å². The zero-order valence-corrected chi connectivity index (χ0v) is 16.7. The summed E-state index contributed by atoms with van der Waals surface area (Å²) in [6.45, 7) is 3.55. The van der Waals surface area contributed by atoms with E-state index in [1.807, 2.05) is 30.1 Å². The normalized spacial score (nSPS) is 19.9. The lowest BCUT2D eigenvalue weighted by Crippen LogP contribution is -2.41. The predicted octanol–water partition coefficient (Wildman–Crippen LogP) is 1.24. The number of nitrogens with zero attached hydrogens (tertiary/aromatic N) is 3. The summed E-state index contributed by atoms with van der Waals surface area (Å²) in [6.07, 6.45) is 1.46. The molecule has 1 saturated heterocycles. The monoisotopic (exact) mass is 373 g/mol. The Balaban J connectivity index is 2.06. The van der Waals surface area contributed by atoms with Gasteiger partial charge in [-0.15, -0.1) is 0 Å². The Morgan fingerprint density at radius 2 is 1.96 bits per heavy atom. The second kappa shape index (κ2) is 9.94. The largest absolute Gasteiger partial charge is 0.356 e. The number of carbonyl (C=O) groups is 2. The van der Waals surface area contributed by atoms with E-state index < -0.39 is 0 Å². The highest BCUT2D eigenvalue weighted by atomic mass is 16.2. The maximum atomic E-state index is 12.3. The smallest absolute Gasteiger partial charge is 0.243 e. The topological polar surface area (TPSA) is 77.0 Å². The molecule has 2 unspecified atom stereocenters. The Morgan fingerprint density at radius 3 is 2.59 bits per heavy atom. The first kappa shape index (κ1) is 20.7. The van der Waals surface area contributed by atoms with E-state index in [1.54, 1.807) is 14.1 Å². The number of rotatable bonds is 7. The summed E-state index contributed by atoms with van der Waals surface area (Å²) in [7, 11) is 5.30. The summed E-state index contributed by atoms with van der Waals surface area (Å²) >= 11 is 0. The molecule has 0 bridgehead atoms. The van der Waals surface area contributed by atoms with E-state index >= 15 is 0 Å². The highest BCUT2D eigenvalue weighted by molar-refractivity contribution is 5.85. The molecule has 27 heavy (non-hydrogen) atoms. The fourth-order valence-corrected chi connectivity index (χ4v) is 3.21. The van der Waals surface area contributed by atoms with E-state index in [9.17, 15) is 9.59 Å². The van der Waals surface area contributed by atoms with Crippen LogP contribution in [0.1, 0.15) is 31.4 Å². The zero-order chi connectivity index (χ0) is 19.8. The zero-order valence-electron chi connectivity index (χ0n) is 16.7. The number of likely N-dealkylation sites (N-methyl/N-ethyl adjacent to an activating group) is 1. The molecule has 148 valence electrons. The lowest BCUT2D eigenvalue weighted by Gasteiger charge is -2.26. The van der Waals surface area contributed by atoms with Gasteiger partial charge in [-0.25, -0.2) is 4.99 Å². The van der Waals surface area contributed by atoms with Crippen molar-refractivity contribution < 1.29 is 9.59 Å². The molecule has 2 N–H and O–H groups in total. The van der Waals surface area contributed by atoms with Crippen LogP contribution < -0.4 is 10.6 Å². The van der Waals surface area contributed by atoms with Crippen molar-refractivity contribution >= 4 is 17.8 Å². The van der Waals surface area contributed by atoms with Gasteiger partial charge in [-0.05, 0) is 12.0 Å².